The second kappa shape index (κ2) is 6.27. The van der Waals surface area contributed by atoms with Crippen molar-refractivity contribution in [3.8, 4) is 0 Å². The quantitative estimate of drug-likeness (QED) is 0.834. The van der Waals surface area contributed by atoms with Gasteiger partial charge >= 0.3 is 5.69 Å². The number of aromatic nitrogens is 2. The van der Waals surface area contributed by atoms with Gasteiger partial charge in [-0.3, -0.25) is 9.13 Å². The van der Waals surface area contributed by atoms with Crippen LogP contribution in [-0.4, -0.2) is 47.5 Å². The number of nitrogens with zero attached hydrogens (tertiary/aromatic N) is 3. The van der Waals surface area contributed by atoms with Crippen LogP contribution in [0.4, 0.5) is 0 Å². The van der Waals surface area contributed by atoms with Crippen LogP contribution in [0.2, 0.25) is 0 Å². The minimum atomic E-state index is -3.55. The molecule has 1 atom stereocenters. The molecule has 1 aliphatic heterocycles. The van der Waals surface area contributed by atoms with E-state index in [1.807, 2.05) is 6.92 Å². The minimum absolute atomic E-state index is 0. The van der Waals surface area contributed by atoms with E-state index in [-0.39, 0.29) is 29.0 Å². The highest BCUT2D eigenvalue weighted by atomic mass is 35.5. The number of piperazine rings is 1. The van der Waals surface area contributed by atoms with Crippen molar-refractivity contribution < 1.29 is 8.42 Å². The highest BCUT2D eigenvalue weighted by molar-refractivity contribution is 7.89. The Morgan fingerprint density at radius 2 is 1.83 bits per heavy atom. The molecule has 3 rings (SSSR count). The number of aryl methyl sites for hydroxylation is 2. The third-order valence-corrected chi connectivity index (χ3v) is 6.30. The maximum atomic E-state index is 12.8. The smallest absolute Gasteiger partial charge is 0.314 e. The summed E-state index contributed by atoms with van der Waals surface area (Å²) in [6.07, 6.45) is 0. The molecule has 1 unspecified atom stereocenters. The SMILES string of the molecule is CC1CNCCN1S(=O)(=O)c1ccc2c(c1)n(C)c(=O)n2C.Cl. The van der Waals surface area contributed by atoms with Gasteiger partial charge in [-0.15, -0.1) is 12.4 Å². The van der Waals surface area contributed by atoms with Gasteiger partial charge in [0.1, 0.15) is 0 Å². The molecule has 0 amide bonds. The normalized spacial score (nSPS) is 19.7. The van der Waals surface area contributed by atoms with Crippen LogP contribution in [0.3, 0.4) is 0 Å². The van der Waals surface area contributed by atoms with E-state index in [1.54, 1.807) is 32.3 Å². The first-order chi connectivity index (χ1) is 10.3. The Morgan fingerprint density at radius 3 is 2.48 bits per heavy atom. The van der Waals surface area contributed by atoms with E-state index < -0.39 is 10.0 Å². The van der Waals surface area contributed by atoms with Crippen molar-refractivity contribution in [1.29, 1.82) is 0 Å². The number of hydrogen-bond acceptors (Lipinski definition) is 4. The second-order valence-corrected chi connectivity index (χ2v) is 7.61. The molecule has 23 heavy (non-hydrogen) atoms. The number of hydrogen-bond donors (Lipinski definition) is 1. The lowest BCUT2D eigenvalue weighted by atomic mass is 10.3. The van der Waals surface area contributed by atoms with Gasteiger partial charge in [-0.1, -0.05) is 0 Å². The number of imidazole rings is 1. The predicted octanol–water partition coefficient (Wildman–Crippen LogP) is 0.281. The maximum Gasteiger partial charge on any atom is 0.328 e. The van der Waals surface area contributed by atoms with Gasteiger partial charge in [0.15, 0.2) is 0 Å². The molecular weight excluding hydrogens is 340 g/mol. The van der Waals surface area contributed by atoms with Gasteiger partial charge in [-0.25, -0.2) is 13.2 Å². The van der Waals surface area contributed by atoms with Gasteiger partial charge < -0.3 is 5.32 Å². The summed E-state index contributed by atoms with van der Waals surface area (Å²) in [6.45, 7) is 3.64. The summed E-state index contributed by atoms with van der Waals surface area (Å²) >= 11 is 0. The molecule has 1 aromatic heterocycles. The van der Waals surface area contributed by atoms with Crippen LogP contribution in [0.25, 0.3) is 11.0 Å². The first kappa shape index (κ1) is 18.0. The first-order valence-electron chi connectivity index (χ1n) is 7.22. The minimum Gasteiger partial charge on any atom is -0.314 e. The molecule has 1 N–H and O–H groups in total. The average molecular weight is 361 g/mol. The van der Waals surface area contributed by atoms with Crippen molar-refractivity contribution in [2.24, 2.45) is 14.1 Å². The van der Waals surface area contributed by atoms with E-state index in [4.69, 9.17) is 0 Å². The fourth-order valence-corrected chi connectivity index (χ4v) is 4.61. The summed E-state index contributed by atoms with van der Waals surface area (Å²) in [5.74, 6) is 0. The molecule has 0 saturated carbocycles. The lowest BCUT2D eigenvalue weighted by Gasteiger charge is -2.32. The van der Waals surface area contributed by atoms with E-state index >= 15 is 0 Å². The molecule has 7 nitrogen and oxygen atoms in total. The molecule has 1 fully saturated rings. The summed E-state index contributed by atoms with van der Waals surface area (Å²) in [7, 11) is -0.229. The molecule has 1 saturated heterocycles. The van der Waals surface area contributed by atoms with Crippen molar-refractivity contribution in [3.63, 3.8) is 0 Å². The van der Waals surface area contributed by atoms with Gasteiger partial charge in [0, 0.05) is 39.8 Å². The molecule has 2 aromatic rings. The van der Waals surface area contributed by atoms with Crippen LogP contribution in [0.15, 0.2) is 27.9 Å². The molecule has 0 aliphatic carbocycles. The summed E-state index contributed by atoms with van der Waals surface area (Å²) in [4.78, 5) is 12.2. The van der Waals surface area contributed by atoms with Crippen molar-refractivity contribution in [2.45, 2.75) is 17.9 Å². The number of benzene rings is 1. The highest BCUT2D eigenvalue weighted by Gasteiger charge is 2.31. The van der Waals surface area contributed by atoms with Crippen LogP contribution in [0.5, 0.6) is 0 Å². The van der Waals surface area contributed by atoms with E-state index in [0.717, 1.165) is 5.52 Å². The Kier molecular flexibility index (Phi) is 4.91. The third kappa shape index (κ3) is 2.80. The lowest BCUT2D eigenvalue weighted by Crippen LogP contribution is -2.52. The van der Waals surface area contributed by atoms with Gasteiger partial charge in [0.05, 0.1) is 15.9 Å². The zero-order valence-corrected chi connectivity index (χ0v) is 14.9. The Morgan fingerprint density at radius 1 is 1.17 bits per heavy atom. The molecule has 0 spiro atoms. The molecule has 9 heteroatoms. The first-order valence-corrected chi connectivity index (χ1v) is 8.66. The Hall–Kier alpha value is -1.35. The Labute approximate surface area is 141 Å². The molecule has 0 bridgehead atoms. The number of sulfonamides is 1. The van der Waals surface area contributed by atoms with Gasteiger partial charge in [-0.2, -0.15) is 4.31 Å². The summed E-state index contributed by atoms with van der Waals surface area (Å²) < 4.78 is 30.2. The van der Waals surface area contributed by atoms with Gasteiger partial charge in [0.2, 0.25) is 10.0 Å². The number of halogens is 1. The monoisotopic (exact) mass is 360 g/mol. The standard InChI is InChI=1S/C14H20N4O3S.ClH/c1-10-9-15-6-7-18(10)22(20,21)11-4-5-12-13(8-11)17(3)14(19)16(12)2;/h4-5,8,10,15H,6-7,9H2,1-3H3;1H. The van der Waals surface area contributed by atoms with E-state index in [1.165, 1.54) is 13.4 Å². The van der Waals surface area contributed by atoms with Crippen LogP contribution in [0.1, 0.15) is 6.92 Å². The molecule has 128 valence electrons. The summed E-state index contributed by atoms with van der Waals surface area (Å²) in [6, 6.07) is 4.76. The number of fused-ring (bicyclic) bond motifs is 1. The van der Waals surface area contributed by atoms with Crippen molar-refractivity contribution in [3.05, 3.63) is 28.7 Å². The predicted molar refractivity (Wildman–Crippen MR) is 91.6 cm³/mol. The fraction of sp³-hybridized carbons (Fsp3) is 0.500. The molecule has 1 aromatic carbocycles. The summed E-state index contributed by atoms with van der Waals surface area (Å²) in [5.41, 5.74) is 1.18. The fourth-order valence-electron chi connectivity index (χ4n) is 2.96. The van der Waals surface area contributed by atoms with Crippen LogP contribution in [-0.2, 0) is 24.1 Å². The molecule has 2 heterocycles. The van der Waals surface area contributed by atoms with Crippen molar-refractivity contribution in [1.82, 2.24) is 18.8 Å². The third-order valence-electron chi connectivity index (χ3n) is 4.29. The molecule has 0 radical (unpaired) electrons. The topological polar surface area (TPSA) is 76.3 Å². The van der Waals surface area contributed by atoms with Crippen LogP contribution < -0.4 is 11.0 Å². The van der Waals surface area contributed by atoms with Gasteiger partial charge in [0.25, 0.3) is 0 Å². The van der Waals surface area contributed by atoms with Crippen molar-refractivity contribution in [2.75, 3.05) is 19.6 Å². The average Bonchev–Trinajstić information content (AvgIpc) is 2.72. The van der Waals surface area contributed by atoms with Crippen LogP contribution >= 0.6 is 12.4 Å². The van der Waals surface area contributed by atoms with Gasteiger partial charge in [-0.05, 0) is 25.1 Å². The molecular formula is C14H21ClN4O3S. The zero-order chi connectivity index (χ0) is 16.1. The second-order valence-electron chi connectivity index (χ2n) is 5.72. The Balaban J connectivity index is 0.00000192. The largest absolute Gasteiger partial charge is 0.328 e. The van der Waals surface area contributed by atoms with E-state index in [9.17, 15) is 13.2 Å². The lowest BCUT2D eigenvalue weighted by molar-refractivity contribution is 0.284. The highest BCUT2D eigenvalue weighted by Crippen LogP contribution is 2.23. The van der Waals surface area contributed by atoms with Crippen molar-refractivity contribution >= 4 is 33.5 Å². The Bertz CT molecular complexity index is 887. The molecule has 1 aliphatic rings. The summed E-state index contributed by atoms with van der Waals surface area (Å²) in [5, 5.41) is 3.18. The number of rotatable bonds is 2. The zero-order valence-electron chi connectivity index (χ0n) is 13.3. The van der Waals surface area contributed by atoms with E-state index in [0.29, 0.717) is 25.2 Å². The number of nitrogens with one attached hydrogen (secondary N) is 1. The van der Waals surface area contributed by atoms with Crippen LogP contribution in [0, 0.1) is 0 Å². The van der Waals surface area contributed by atoms with E-state index in [2.05, 4.69) is 5.32 Å². The maximum absolute atomic E-state index is 12.8.